The molecule has 0 saturated heterocycles. The molecule has 1 aromatic rings. The van der Waals surface area contributed by atoms with E-state index in [2.05, 4.69) is 5.10 Å². The lowest BCUT2D eigenvalue weighted by atomic mass is 10.1. The predicted molar refractivity (Wildman–Crippen MR) is 55.0 cm³/mol. The lowest BCUT2D eigenvalue weighted by Crippen LogP contribution is -2.16. The fourth-order valence-electron chi connectivity index (χ4n) is 1.27. The number of carbonyl (C=O) groups is 2. The first-order valence-corrected chi connectivity index (χ1v) is 4.93. The van der Waals surface area contributed by atoms with Crippen molar-refractivity contribution in [2.75, 3.05) is 0 Å². The Morgan fingerprint density at radius 2 is 2.27 bits per heavy atom. The van der Waals surface area contributed by atoms with Gasteiger partial charge in [-0.05, 0) is 18.9 Å². The Bertz CT molecular complexity index is 357. The summed E-state index contributed by atoms with van der Waals surface area (Å²) in [6.07, 6.45) is 4.44. The van der Waals surface area contributed by atoms with Gasteiger partial charge in [-0.2, -0.15) is 5.10 Å². The number of ketones is 1. The van der Waals surface area contributed by atoms with Gasteiger partial charge in [0.2, 0.25) is 5.91 Å². The van der Waals surface area contributed by atoms with Crippen LogP contribution < -0.4 is 5.73 Å². The highest BCUT2D eigenvalue weighted by atomic mass is 16.2. The SMILES string of the molecule is CCn1cc(CCC(=O)CC(N)=O)cn1. The van der Waals surface area contributed by atoms with E-state index in [1.54, 1.807) is 10.9 Å². The highest BCUT2D eigenvalue weighted by Gasteiger charge is 2.07. The molecule has 0 spiro atoms. The number of rotatable bonds is 6. The van der Waals surface area contributed by atoms with Crippen LogP contribution in [0, 0.1) is 0 Å². The van der Waals surface area contributed by atoms with Gasteiger partial charge in [0.15, 0.2) is 0 Å². The van der Waals surface area contributed by atoms with Crippen molar-refractivity contribution in [2.45, 2.75) is 32.7 Å². The zero-order chi connectivity index (χ0) is 11.3. The number of amides is 1. The molecule has 1 aromatic heterocycles. The highest BCUT2D eigenvalue weighted by Crippen LogP contribution is 2.03. The van der Waals surface area contributed by atoms with Crippen LogP contribution in [0.2, 0.25) is 0 Å². The van der Waals surface area contributed by atoms with Crippen molar-refractivity contribution in [3.8, 4) is 0 Å². The molecule has 5 nitrogen and oxygen atoms in total. The molecule has 0 aliphatic carbocycles. The fourth-order valence-corrected chi connectivity index (χ4v) is 1.27. The molecular weight excluding hydrogens is 194 g/mol. The minimum atomic E-state index is -0.566. The van der Waals surface area contributed by atoms with Crippen molar-refractivity contribution in [1.29, 1.82) is 0 Å². The van der Waals surface area contributed by atoms with E-state index in [0.29, 0.717) is 12.8 Å². The lowest BCUT2D eigenvalue weighted by molar-refractivity contribution is -0.126. The number of primary amides is 1. The number of nitrogens with zero attached hydrogens (tertiary/aromatic N) is 2. The van der Waals surface area contributed by atoms with Crippen LogP contribution in [-0.4, -0.2) is 21.5 Å². The number of carbonyl (C=O) groups excluding carboxylic acids is 2. The molecule has 0 aliphatic heterocycles. The average Bonchev–Trinajstić information content (AvgIpc) is 2.61. The first-order chi connectivity index (χ1) is 7.11. The Balaban J connectivity index is 2.36. The maximum Gasteiger partial charge on any atom is 0.224 e. The number of aromatic nitrogens is 2. The third kappa shape index (κ3) is 3.93. The van der Waals surface area contributed by atoms with Gasteiger partial charge < -0.3 is 5.73 Å². The summed E-state index contributed by atoms with van der Waals surface area (Å²) in [5.41, 5.74) is 5.92. The minimum Gasteiger partial charge on any atom is -0.369 e. The Morgan fingerprint density at radius 3 is 2.80 bits per heavy atom. The normalized spacial score (nSPS) is 10.2. The van der Waals surface area contributed by atoms with Crippen LogP contribution in [-0.2, 0) is 22.6 Å². The van der Waals surface area contributed by atoms with Gasteiger partial charge >= 0.3 is 0 Å². The fraction of sp³-hybridized carbons (Fsp3) is 0.500. The van der Waals surface area contributed by atoms with E-state index >= 15 is 0 Å². The van der Waals surface area contributed by atoms with Crippen LogP contribution in [0.1, 0.15) is 25.3 Å². The average molecular weight is 209 g/mol. The van der Waals surface area contributed by atoms with Gasteiger partial charge in [0.25, 0.3) is 0 Å². The van der Waals surface area contributed by atoms with E-state index in [1.165, 1.54) is 0 Å². The van der Waals surface area contributed by atoms with Gasteiger partial charge in [-0.1, -0.05) is 0 Å². The molecule has 15 heavy (non-hydrogen) atoms. The van der Waals surface area contributed by atoms with Crippen molar-refractivity contribution in [2.24, 2.45) is 5.73 Å². The van der Waals surface area contributed by atoms with E-state index in [9.17, 15) is 9.59 Å². The van der Waals surface area contributed by atoms with Crippen LogP contribution in [0.4, 0.5) is 0 Å². The third-order valence-electron chi connectivity index (χ3n) is 2.07. The van der Waals surface area contributed by atoms with Gasteiger partial charge in [-0.25, -0.2) is 0 Å². The second-order valence-electron chi connectivity index (χ2n) is 3.39. The van der Waals surface area contributed by atoms with E-state index in [4.69, 9.17) is 5.73 Å². The van der Waals surface area contributed by atoms with E-state index in [-0.39, 0.29) is 12.2 Å². The number of hydrogen-bond acceptors (Lipinski definition) is 3. The summed E-state index contributed by atoms with van der Waals surface area (Å²) in [6, 6.07) is 0. The molecule has 0 atom stereocenters. The lowest BCUT2D eigenvalue weighted by Gasteiger charge is -1.96. The van der Waals surface area contributed by atoms with Crippen LogP contribution in [0.25, 0.3) is 0 Å². The van der Waals surface area contributed by atoms with E-state index in [0.717, 1.165) is 12.1 Å². The number of aryl methyl sites for hydroxylation is 2. The van der Waals surface area contributed by atoms with Crippen LogP contribution in [0.15, 0.2) is 12.4 Å². The topological polar surface area (TPSA) is 78.0 Å². The molecule has 1 amide bonds. The predicted octanol–water partition coefficient (Wildman–Crippen LogP) is 0.280. The molecule has 0 aromatic carbocycles. The summed E-state index contributed by atoms with van der Waals surface area (Å²) < 4.78 is 1.80. The summed E-state index contributed by atoms with van der Waals surface area (Å²) in [4.78, 5) is 21.6. The van der Waals surface area contributed by atoms with Crippen LogP contribution in [0.3, 0.4) is 0 Å². The van der Waals surface area contributed by atoms with E-state index in [1.807, 2.05) is 13.1 Å². The molecule has 0 bridgehead atoms. The molecule has 0 aliphatic rings. The molecule has 82 valence electrons. The second-order valence-corrected chi connectivity index (χ2v) is 3.39. The van der Waals surface area contributed by atoms with Crippen molar-refractivity contribution >= 4 is 11.7 Å². The summed E-state index contributed by atoms with van der Waals surface area (Å²) >= 11 is 0. The first kappa shape index (κ1) is 11.4. The number of hydrogen-bond donors (Lipinski definition) is 1. The molecular formula is C10H15N3O2. The van der Waals surface area contributed by atoms with Gasteiger partial charge in [0, 0.05) is 19.2 Å². The molecule has 1 rings (SSSR count). The molecule has 1 heterocycles. The maximum atomic E-state index is 11.2. The summed E-state index contributed by atoms with van der Waals surface area (Å²) in [7, 11) is 0. The third-order valence-corrected chi connectivity index (χ3v) is 2.07. The monoisotopic (exact) mass is 209 g/mol. The minimum absolute atomic E-state index is 0.119. The first-order valence-electron chi connectivity index (χ1n) is 4.93. The zero-order valence-electron chi connectivity index (χ0n) is 8.77. The molecule has 0 saturated carbocycles. The second kappa shape index (κ2) is 5.29. The summed E-state index contributed by atoms with van der Waals surface area (Å²) in [5.74, 6) is -0.684. The van der Waals surface area contributed by atoms with Gasteiger partial charge in [0.05, 0.1) is 12.6 Å². The van der Waals surface area contributed by atoms with Gasteiger partial charge in [0.1, 0.15) is 5.78 Å². The van der Waals surface area contributed by atoms with Crippen LogP contribution in [0.5, 0.6) is 0 Å². The molecule has 0 fully saturated rings. The summed E-state index contributed by atoms with van der Waals surface area (Å²) in [5, 5.41) is 4.09. The molecule has 0 radical (unpaired) electrons. The Hall–Kier alpha value is -1.65. The smallest absolute Gasteiger partial charge is 0.224 e. The Kier molecular flexibility index (Phi) is 4.03. The Morgan fingerprint density at radius 1 is 1.53 bits per heavy atom. The molecule has 0 unspecified atom stereocenters. The van der Waals surface area contributed by atoms with Crippen LogP contribution >= 0.6 is 0 Å². The van der Waals surface area contributed by atoms with Gasteiger partial charge in [-0.15, -0.1) is 0 Å². The number of nitrogens with two attached hydrogens (primary N) is 1. The summed E-state index contributed by atoms with van der Waals surface area (Å²) in [6.45, 7) is 2.81. The Labute approximate surface area is 88.3 Å². The zero-order valence-corrected chi connectivity index (χ0v) is 8.77. The van der Waals surface area contributed by atoms with Gasteiger partial charge in [-0.3, -0.25) is 14.3 Å². The maximum absolute atomic E-state index is 11.2. The largest absolute Gasteiger partial charge is 0.369 e. The molecule has 2 N–H and O–H groups in total. The van der Waals surface area contributed by atoms with Crippen molar-refractivity contribution in [3.05, 3.63) is 18.0 Å². The quantitative estimate of drug-likeness (QED) is 0.683. The number of Topliss-reactive ketones (excluding diaryl/α,β-unsaturated/α-hetero) is 1. The molecule has 5 heteroatoms. The highest BCUT2D eigenvalue weighted by molar-refractivity contribution is 5.97. The van der Waals surface area contributed by atoms with Crippen molar-refractivity contribution in [1.82, 2.24) is 9.78 Å². The van der Waals surface area contributed by atoms with E-state index < -0.39 is 5.91 Å². The van der Waals surface area contributed by atoms with Crippen molar-refractivity contribution < 1.29 is 9.59 Å². The van der Waals surface area contributed by atoms with Crippen molar-refractivity contribution in [3.63, 3.8) is 0 Å². The standard InChI is InChI=1S/C10H15N3O2/c1-2-13-7-8(6-12-13)3-4-9(14)5-10(11)15/h6-7H,2-5H2,1H3,(H2,11,15).